The molecule has 170 valence electrons. The average molecular weight is 431 g/mol. The molecule has 2 rings (SSSR count). The van der Waals surface area contributed by atoms with Crippen LogP contribution in [-0.2, 0) is 23.9 Å². The molecule has 0 heterocycles. The second kappa shape index (κ2) is 13.6. The van der Waals surface area contributed by atoms with Crippen LogP contribution in [0, 0.1) is 5.41 Å². The Labute approximate surface area is 184 Å². The number of carboxylic acid groups (broad SMARTS) is 1. The predicted molar refractivity (Wildman–Crippen MR) is 118 cm³/mol. The number of aliphatic carboxylic acids is 1. The summed E-state index contributed by atoms with van der Waals surface area (Å²) in [6.07, 6.45) is 11.9. The molecule has 1 saturated carbocycles. The Kier molecular flexibility index (Phi) is 10.8. The van der Waals surface area contributed by atoms with Gasteiger partial charge in [-0.15, -0.1) is 0 Å². The molecule has 0 unspecified atom stereocenters. The molecule has 0 saturated heterocycles. The summed E-state index contributed by atoms with van der Waals surface area (Å²) in [6, 6.07) is 9.60. The van der Waals surface area contributed by atoms with Crippen molar-refractivity contribution in [1.29, 1.82) is 0 Å². The Hall–Kier alpha value is -2.63. The van der Waals surface area contributed by atoms with Gasteiger partial charge in [0, 0.05) is 6.08 Å². The molecule has 1 aromatic rings. The number of hydrogen-bond donors (Lipinski definition) is 1. The van der Waals surface area contributed by atoms with E-state index < -0.39 is 17.4 Å². The first kappa shape index (κ1) is 24.6. The van der Waals surface area contributed by atoms with Gasteiger partial charge in [0.2, 0.25) is 0 Å². The van der Waals surface area contributed by atoms with E-state index >= 15 is 0 Å². The summed E-state index contributed by atoms with van der Waals surface area (Å²) in [6.45, 7) is 0.687. The fourth-order valence-corrected chi connectivity index (χ4v) is 3.82. The highest BCUT2D eigenvalue weighted by Gasteiger charge is 2.48. The minimum Gasteiger partial charge on any atom is -0.480 e. The summed E-state index contributed by atoms with van der Waals surface area (Å²) in [5.74, 6) is -1.95. The van der Waals surface area contributed by atoms with Crippen LogP contribution in [-0.4, -0.2) is 36.2 Å². The van der Waals surface area contributed by atoms with Crippen LogP contribution in [0.15, 0.2) is 36.4 Å². The van der Waals surface area contributed by atoms with E-state index in [4.69, 9.17) is 9.47 Å². The van der Waals surface area contributed by atoms with Gasteiger partial charge in [-0.1, -0.05) is 75.3 Å². The monoisotopic (exact) mass is 430 g/mol. The number of ether oxygens (including phenoxy) is 2. The van der Waals surface area contributed by atoms with Gasteiger partial charge in [-0.3, -0.25) is 9.59 Å². The highest BCUT2D eigenvalue weighted by Crippen LogP contribution is 2.37. The van der Waals surface area contributed by atoms with Crippen molar-refractivity contribution in [2.75, 3.05) is 13.2 Å². The number of carbonyl (C=O) groups is 3. The molecule has 6 heteroatoms. The third-order valence-corrected chi connectivity index (χ3v) is 5.73. The van der Waals surface area contributed by atoms with Gasteiger partial charge in [0.25, 0.3) is 0 Å². The van der Waals surface area contributed by atoms with E-state index in [1.54, 1.807) is 6.08 Å². The number of carboxylic acids is 1. The number of unbranched alkanes of at least 4 members (excludes halogenated alkanes) is 5. The summed E-state index contributed by atoms with van der Waals surface area (Å²) in [5, 5.41) is 9.48. The van der Waals surface area contributed by atoms with Gasteiger partial charge >= 0.3 is 17.9 Å². The zero-order chi connectivity index (χ0) is 22.4. The molecule has 1 aliphatic carbocycles. The van der Waals surface area contributed by atoms with Crippen molar-refractivity contribution in [2.45, 2.75) is 70.6 Å². The Bertz CT molecular complexity index is 719. The number of carbonyl (C=O) groups excluding carboxylic acids is 2. The van der Waals surface area contributed by atoms with E-state index in [0.717, 1.165) is 63.4 Å². The molecule has 0 spiro atoms. The second-order valence-corrected chi connectivity index (χ2v) is 8.12. The largest absolute Gasteiger partial charge is 0.480 e. The lowest BCUT2D eigenvalue weighted by Crippen LogP contribution is -2.42. The molecule has 1 aromatic carbocycles. The van der Waals surface area contributed by atoms with Gasteiger partial charge in [0.1, 0.15) is 0 Å². The van der Waals surface area contributed by atoms with Crippen LogP contribution < -0.4 is 0 Å². The molecular weight excluding hydrogens is 396 g/mol. The molecule has 1 aliphatic rings. The molecule has 0 aromatic heterocycles. The zero-order valence-electron chi connectivity index (χ0n) is 18.2. The SMILES string of the molecule is O=C(C=Cc1ccccc1)OCCCCCCCCOC(=O)C1(C(=O)O)CCCCC1. The standard InChI is InChI=1S/C25H34O6/c26-22(16-15-21-13-7-5-8-14-21)30-19-11-3-1-2-4-12-20-31-24(29)25(23(27)28)17-9-6-10-18-25/h5,7-8,13-16H,1-4,6,9-12,17-20H2,(H,27,28). The predicted octanol–water partition coefficient (Wildman–Crippen LogP) is 5.16. The first-order valence-electron chi connectivity index (χ1n) is 11.4. The Balaban J connectivity index is 1.46. The quantitative estimate of drug-likeness (QED) is 0.201. The Morgan fingerprint density at radius 2 is 1.42 bits per heavy atom. The normalized spacial score (nSPS) is 15.5. The van der Waals surface area contributed by atoms with Crippen molar-refractivity contribution in [2.24, 2.45) is 5.41 Å². The summed E-state index contributed by atoms with van der Waals surface area (Å²) >= 11 is 0. The number of rotatable bonds is 13. The fourth-order valence-electron chi connectivity index (χ4n) is 3.82. The highest BCUT2D eigenvalue weighted by molar-refractivity contribution is 5.99. The first-order valence-corrected chi connectivity index (χ1v) is 11.4. The smallest absolute Gasteiger partial charge is 0.330 e. The van der Waals surface area contributed by atoms with Gasteiger partial charge in [0.05, 0.1) is 13.2 Å². The fraction of sp³-hybridized carbons (Fsp3) is 0.560. The molecular formula is C25H34O6. The second-order valence-electron chi connectivity index (χ2n) is 8.12. The zero-order valence-corrected chi connectivity index (χ0v) is 18.2. The molecule has 0 atom stereocenters. The third kappa shape index (κ3) is 8.56. The van der Waals surface area contributed by atoms with Gasteiger partial charge in [-0.2, -0.15) is 0 Å². The van der Waals surface area contributed by atoms with Gasteiger partial charge < -0.3 is 14.6 Å². The summed E-state index contributed by atoms with van der Waals surface area (Å²) in [5.41, 5.74) is -0.367. The minimum absolute atomic E-state index is 0.277. The molecule has 0 radical (unpaired) electrons. The van der Waals surface area contributed by atoms with E-state index in [9.17, 15) is 19.5 Å². The molecule has 31 heavy (non-hydrogen) atoms. The first-order chi connectivity index (χ1) is 15.0. The summed E-state index contributed by atoms with van der Waals surface area (Å²) in [4.78, 5) is 35.6. The Morgan fingerprint density at radius 1 is 0.839 bits per heavy atom. The van der Waals surface area contributed by atoms with Crippen molar-refractivity contribution in [1.82, 2.24) is 0 Å². The van der Waals surface area contributed by atoms with E-state index in [0.29, 0.717) is 19.4 Å². The number of hydrogen-bond acceptors (Lipinski definition) is 5. The summed E-state index contributed by atoms with van der Waals surface area (Å²) < 4.78 is 10.5. The summed E-state index contributed by atoms with van der Waals surface area (Å²) in [7, 11) is 0. The van der Waals surface area contributed by atoms with E-state index in [-0.39, 0.29) is 12.6 Å². The van der Waals surface area contributed by atoms with Crippen LogP contribution >= 0.6 is 0 Å². The van der Waals surface area contributed by atoms with Crippen molar-refractivity contribution in [3.05, 3.63) is 42.0 Å². The number of benzene rings is 1. The number of esters is 2. The third-order valence-electron chi connectivity index (χ3n) is 5.73. The van der Waals surface area contributed by atoms with E-state index in [2.05, 4.69) is 0 Å². The topological polar surface area (TPSA) is 89.9 Å². The van der Waals surface area contributed by atoms with Crippen molar-refractivity contribution in [3.8, 4) is 0 Å². The van der Waals surface area contributed by atoms with Crippen LogP contribution in [0.25, 0.3) is 6.08 Å². The van der Waals surface area contributed by atoms with Gasteiger partial charge in [-0.05, 0) is 37.3 Å². The van der Waals surface area contributed by atoms with Crippen LogP contribution in [0.2, 0.25) is 0 Å². The van der Waals surface area contributed by atoms with Gasteiger partial charge in [0.15, 0.2) is 5.41 Å². The lowest BCUT2D eigenvalue weighted by atomic mass is 9.74. The van der Waals surface area contributed by atoms with Crippen LogP contribution in [0.4, 0.5) is 0 Å². The van der Waals surface area contributed by atoms with Crippen molar-refractivity contribution < 1.29 is 29.0 Å². The molecule has 1 fully saturated rings. The minimum atomic E-state index is -1.33. The molecule has 0 aliphatic heterocycles. The lowest BCUT2D eigenvalue weighted by molar-refractivity contribution is -0.171. The maximum absolute atomic E-state index is 12.3. The van der Waals surface area contributed by atoms with E-state index in [1.165, 1.54) is 6.08 Å². The molecule has 0 bridgehead atoms. The van der Waals surface area contributed by atoms with Gasteiger partial charge in [-0.25, -0.2) is 4.79 Å². The maximum Gasteiger partial charge on any atom is 0.330 e. The molecule has 0 amide bonds. The van der Waals surface area contributed by atoms with Crippen molar-refractivity contribution >= 4 is 24.0 Å². The van der Waals surface area contributed by atoms with Crippen LogP contribution in [0.1, 0.15) is 76.2 Å². The maximum atomic E-state index is 12.3. The van der Waals surface area contributed by atoms with Crippen molar-refractivity contribution in [3.63, 3.8) is 0 Å². The lowest BCUT2D eigenvalue weighted by Gasteiger charge is -2.30. The van der Waals surface area contributed by atoms with Crippen LogP contribution in [0.3, 0.4) is 0 Å². The Morgan fingerprint density at radius 3 is 2.03 bits per heavy atom. The van der Waals surface area contributed by atoms with E-state index in [1.807, 2.05) is 30.3 Å². The molecule has 1 N–H and O–H groups in total. The highest BCUT2D eigenvalue weighted by atomic mass is 16.5. The van der Waals surface area contributed by atoms with Crippen LogP contribution in [0.5, 0.6) is 0 Å². The molecule has 6 nitrogen and oxygen atoms in total. The average Bonchev–Trinajstić information content (AvgIpc) is 2.79.